The molecular formula is C9H11ClN2O2S. The minimum Gasteiger partial charge on any atom is -0.261 e. The van der Waals surface area contributed by atoms with E-state index in [9.17, 15) is 8.42 Å². The van der Waals surface area contributed by atoms with Crippen LogP contribution in [-0.4, -0.2) is 23.1 Å². The molecule has 1 saturated carbocycles. The molecule has 1 aliphatic carbocycles. The first kappa shape index (κ1) is 10.8. The predicted molar refractivity (Wildman–Crippen MR) is 57.1 cm³/mol. The highest BCUT2D eigenvalue weighted by atomic mass is 35.7. The van der Waals surface area contributed by atoms with Gasteiger partial charge in [-0.2, -0.15) is 0 Å². The number of nitrogens with zero attached hydrogens (tertiary/aromatic N) is 2. The summed E-state index contributed by atoms with van der Waals surface area (Å²) in [6, 6.07) is 0. The molecule has 0 radical (unpaired) electrons. The monoisotopic (exact) mass is 246 g/mol. The quantitative estimate of drug-likeness (QED) is 0.756. The van der Waals surface area contributed by atoms with Gasteiger partial charge < -0.3 is 0 Å². The van der Waals surface area contributed by atoms with Crippen LogP contribution in [0.3, 0.4) is 0 Å². The fourth-order valence-electron chi connectivity index (χ4n) is 1.57. The van der Waals surface area contributed by atoms with Gasteiger partial charge in [-0.25, -0.2) is 8.42 Å². The van der Waals surface area contributed by atoms with Crippen molar-refractivity contribution in [2.24, 2.45) is 0 Å². The molecule has 0 spiro atoms. The van der Waals surface area contributed by atoms with Crippen LogP contribution < -0.4 is 0 Å². The second kappa shape index (κ2) is 3.72. The fraction of sp³-hybridized carbons (Fsp3) is 0.556. The summed E-state index contributed by atoms with van der Waals surface area (Å²) in [5, 5.41) is 0. The molecule has 82 valence electrons. The topological polar surface area (TPSA) is 59.9 Å². The summed E-state index contributed by atoms with van der Waals surface area (Å²) < 4.78 is 21.8. The summed E-state index contributed by atoms with van der Waals surface area (Å²) in [5.74, 6) is 0. The number of aryl methyl sites for hydroxylation is 1. The molecule has 1 aromatic heterocycles. The van der Waals surface area contributed by atoms with Crippen LogP contribution in [0.15, 0.2) is 18.6 Å². The molecular weight excluding hydrogens is 236 g/mol. The number of hydrogen-bond acceptors (Lipinski definition) is 4. The van der Waals surface area contributed by atoms with Gasteiger partial charge in [0.25, 0.3) is 0 Å². The van der Waals surface area contributed by atoms with Crippen molar-refractivity contribution in [2.45, 2.75) is 30.4 Å². The predicted octanol–water partition coefficient (Wildman–Crippen LogP) is 1.51. The van der Waals surface area contributed by atoms with E-state index in [1.54, 1.807) is 18.6 Å². The summed E-state index contributed by atoms with van der Waals surface area (Å²) in [6.45, 7) is 0. The van der Waals surface area contributed by atoms with E-state index in [1.165, 1.54) is 0 Å². The van der Waals surface area contributed by atoms with Crippen LogP contribution in [-0.2, 0) is 15.5 Å². The molecule has 6 heteroatoms. The number of halogens is 1. The van der Waals surface area contributed by atoms with E-state index in [2.05, 4.69) is 9.97 Å². The van der Waals surface area contributed by atoms with Gasteiger partial charge in [0.15, 0.2) is 0 Å². The normalized spacial score (nSPS) is 18.7. The van der Waals surface area contributed by atoms with E-state index in [-0.39, 0.29) is 0 Å². The Morgan fingerprint density at radius 3 is 2.60 bits per heavy atom. The first-order chi connectivity index (χ1) is 7.04. The van der Waals surface area contributed by atoms with E-state index in [0.29, 0.717) is 25.7 Å². The molecule has 0 amide bonds. The van der Waals surface area contributed by atoms with Crippen molar-refractivity contribution >= 4 is 19.7 Å². The lowest BCUT2D eigenvalue weighted by Gasteiger charge is -2.09. The molecule has 0 atom stereocenters. The first-order valence-corrected chi connectivity index (χ1v) is 7.04. The largest absolute Gasteiger partial charge is 0.261 e. The number of hydrogen-bond donors (Lipinski definition) is 0. The van der Waals surface area contributed by atoms with Crippen molar-refractivity contribution in [3.05, 3.63) is 24.3 Å². The van der Waals surface area contributed by atoms with Gasteiger partial charge >= 0.3 is 0 Å². The van der Waals surface area contributed by atoms with E-state index in [1.807, 2.05) is 0 Å². The van der Waals surface area contributed by atoms with Crippen LogP contribution >= 0.6 is 10.7 Å². The lowest BCUT2D eigenvalue weighted by atomic mass is 10.2. The molecule has 0 bridgehead atoms. The van der Waals surface area contributed by atoms with E-state index >= 15 is 0 Å². The van der Waals surface area contributed by atoms with Gasteiger partial charge in [0.05, 0.1) is 10.4 Å². The van der Waals surface area contributed by atoms with E-state index in [0.717, 1.165) is 5.69 Å². The molecule has 0 aliphatic heterocycles. The molecule has 1 aliphatic rings. The molecule has 0 aromatic carbocycles. The van der Waals surface area contributed by atoms with Gasteiger partial charge in [-0.15, -0.1) is 0 Å². The van der Waals surface area contributed by atoms with Crippen LogP contribution in [0.25, 0.3) is 0 Å². The van der Waals surface area contributed by atoms with Crippen LogP contribution in [0.1, 0.15) is 25.0 Å². The Morgan fingerprint density at radius 1 is 1.40 bits per heavy atom. The zero-order valence-corrected chi connectivity index (χ0v) is 9.63. The van der Waals surface area contributed by atoms with Crippen LogP contribution in [0.4, 0.5) is 0 Å². The van der Waals surface area contributed by atoms with Crippen molar-refractivity contribution in [1.29, 1.82) is 0 Å². The maximum atomic E-state index is 11.3. The van der Waals surface area contributed by atoms with E-state index < -0.39 is 13.8 Å². The third-order valence-corrected chi connectivity index (χ3v) is 5.41. The van der Waals surface area contributed by atoms with Crippen LogP contribution in [0, 0.1) is 0 Å². The van der Waals surface area contributed by atoms with Crippen LogP contribution in [0.5, 0.6) is 0 Å². The fourth-order valence-corrected chi connectivity index (χ4v) is 3.20. The molecule has 0 unspecified atom stereocenters. The molecule has 0 N–H and O–H groups in total. The number of rotatable bonds is 4. The van der Waals surface area contributed by atoms with Gasteiger partial charge in [-0.1, -0.05) is 0 Å². The lowest BCUT2D eigenvalue weighted by Crippen LogP contribution is -2.18. The molecule has 1 aromatic rings. The third kappa shape index (κ3) is 2.29. The Hall–Kier alpha value is -0.680. The summed E-state index contributed by atoms with van der Waals surface area (Å²) >= 11 is 0. The second-order valence-electron chi connectivity index (χ2n) is 3.82. The molecule has 1 heterocycles. The van der Waals surface area contributed by atoms with E-state index in [4.69, 9.17) is 10.7 Å². The zero-order valence-electron chi connectivity index (χ0n) is 8.06. The van der Waals surface area contributed by atoms with Crippen molar-refractivity contribution in [3.8, 4) is 0 Å². The summed E-state index contributed by atoms with van der Waals surface area (Å²) in [4.78, 5) is 8.01. The Labute approximate surface area is 93.1 Å². The van der Waals surface area contributed by atoms with Crippen molar-refractivity contribution in [3.63, 3.8) is 0 Å². The van der Waals surface area contributed by atoms with Gasteiger partial charge in [-0.05, 0) is 25.7 Å². The molecule has 15 heavy (non-hydrogen) atoms. The van der Waals surface area contributed by atoms with Gasteiger partial charge in [0.1, 0.15) is 0 Å². The van der Waals surface area contributed by atoms with Crippen molar-refractivity contribution < 1.29 is 8.42 Å². The smallest absolute Gasteiger partial charge is 0.238 e. The maximum Gasteiger partial charge on any atom is 0.238 e. The second-order valence-corrected chi connectivity index (χ2v) is 6.78. The highest BCUT2D eigenvalue weighted by Crippen LogP contribution is 2.48. The Bertz CT molecular complexity index is 442. The average molecular weight is 247 g/mol. The maximum absolute atomic E-state index is 11.3. The lowest BCUT2D eigenvalue weighted by molar-refractivity contribution is 0.581. The average Bonchev–Trinajstić information content (AvgIpc) is 2.96. The van der Waals surface area contributed by atoms with Crippen molar-refractivity contribution in [2.75, 3.05) is 0 Å². The number of aromatic nitrogens is 2. The third-order valence-electron chi connectivity index (χ3n) is 2.78. The highest BCUT2D eigenvalue weighted by molar-refractivity contribution is 8.15. The van der Waals surface area contributed by atoms with Gasteiger partial charge in [0.2, 0.25) is 9.05 Å². The van der Waals surface area contributed by atoms with Crippen molar-refractivity contribution in [1.82, 2.24) is 9.97 Å². The van der Waals surface area contributed by atoms with Crippen LogP contribution in [0.2, 0.25) is 0 Å². The Kier molecular flexibility index (Phi) is 2.68. The highest BCUT2D eigenvalue weighted by Gasteiger charge is 2.53. The van der Waals surface area contributed by atoms with Gasteiger partial charge in [-0.3, -0.25) is 9.97 Å². The molecule has 0 saturated heterocycles. The summed E-state index contributed by atoms with van der Waals surface area (Å²) in [6.07, 6.45) is 7.32. The van der Waals surface area contributed by atoms with Gasteiger partial charge in [0, 0.05) is 29.3 Å². The zero-order chi connectivity index (χ0) is 10.9. The summed E-state index contributed by atoms with van der Waals surface area (Å²) in [5.41, 5.74) is 0.809. The molecule has 2 rings (SSSR count). The SMILES string of the molecule is O=S(=O)(Cl)C1(CCc2cnccn2)CC1. The summed E-state index contributed by atoms with van der Waals surface area (Å²) in [7, 11) is 1.95. The first-order valence-electron chi connectivity index (χ1n) is 4.73. The standard InChI is InChI=1S/C9H11ClN2O2S/c10-15(13,14)9(3-4-9)2-1-8-7-11-5-6-12-8/h5-7H,1-4H2. The molecule has 4 nitrogen and oxygen atoms in total. The molecule has 1 fully saturated rings. The minimum atomic E-state index is -3.44. The minimum absolute atomic E-state index is 0.539. The Balaban J connectivity index is 2.01. The Morgan fingerprint density at radius 2 is 2.13 bits per heavy atom.